The van der Waals surface area contributed by atoms with Gasteiger partial charge in [-0.15, -0.1) is 10.2 Å². The van der Waals surface area contributed by atoms with Crippen LogP contribution >= 0.6 is 11.3 Å². The van der Waals surface area contributed by atoms with Gasteiger partial charge in [0.1, 0.15) is 18.1 Å². The van der Waals surface area contributed by atoms with Crippen molar-refractivity contribution in [1.29, 1.82) is 0 Å². The zero-order valence-corrected chi connectivity index (χ0v) is 11.1. The fourth-order valence-corrected chi connectivity index (χ4v) is 1.87. The van der Waals surface area contributed by atoms with Gasteiger partial charge in [0, 0.05) is 0 Å². The highest BCUT2D eigenvalue weighted by Crippen LogP contribution is 2.19. The molecule has 7 nitrogen and oxygen atoms in total. The number of urea groups is 1. The number of aryl methyl sites for hydroxylation is 1. The van der Waals surface area contributed by atoms with Crippen molar-refractivity contribution in [2.75, 3.05) is 18.4 Å². The maximum atomic E-state index is 12.3. The molecule has 0 saturated heterocycles. The molecule has 1 heterocycles. The van der Waals surface area contributed by atoms with E-state index in [9.17, 15) is 22.8 Å². The van der Waals surface area contributed by atoms with Crippen molar-refractivity contribution in [2.45, 2.75) is 19.5 Å². The number of carbonyl (C=O) groups excluding carboxylic acids is 1. The third-order valence-electron chi connectivity index (χ3n) is 1.97. The molecule has 2 amide bonds. The van der Waals surface area contributed by atoms with Crippen LogP contribution in [0.5, 0.6) is 0 Å². The fourth-order valence-electron chi connectivity index (χ4n) is 1.20. The average Bonchev–Trinajstić information content (AvgIpc) is 2.73. The maximum absolute atomic E-state index is 12.3. The number of alkyl halides is 3. The summed E-state index contributed by atoms with van der Waals surface area (Å²) in [5.74, 6) is -1.55. The van der Waals surface area contributed by atoms with Gasteiger partial charge in [0.05, 0.1) is 0 Å². The number of nitrogens with one attached hydrogen (secondary N) is 1. The van der Waals surface area contributed by atoms with E-state index in [0.717, 1.165) is 11.3 Å². The Kier molecular flexibility index (Phi) is 5.25. The Morgan fingerprint density at radius 2 is 2.05 bits per heavy atom. The van der Waals surface area contributed by atoms with Gasteiger partial charge in [0.15, 0.2) is 0 Å². The van der Waals surface area contributed by atoms with Crippen LogP contribution in [0.2, 0.25) is 0 Å². The predicted octanol–water partition coefficient (Wildman–Crippen LogP) is 1.58. The van der Waals surface area contributed by atoms with Crippen molar-refractivity contribution < 1.29 is 27.9 Å². The van der Waals surface area contributed by atoms with Crippen molar-refractivity contribution in [3.63, 3.8) is 0 Å². The minimum atomic E-state index is -4.69. The Balaban J connectivity index is 2.74. The lowest BCUT2D eigenvalue weighted by molar-refractivity contribution is -0.148. The predicted molar refractivity (Wildman–Crippen MR) is 63.6 cm³/mol. The molecule has 0 bridgehead atoms. The number of amides is 2. The van der Waals surface area contributed by atoms with Gasteiger partial charge in [-0.1, -0.05) is 18.3 Å². The topological polar surface area (TPSA) is 95.4 Å². The summed E-state index contributed by atoms with van der Waals surface area (Å²) in [7, 11) is 0. The van der Waals surface area contributed by atoms with Crippen molar-refractivity contribution in [3.8, 4) is 0 Å². The zero-order valence-electron chi connectivity index (χ0n) is 10.3. The Bertz CT molecular complexity index is 491. The molecule has 0 aliphatic rings. The molecule has 0 aliphatic heterocycles. The van der Waals surface area contributed by atoms with Crippen LogP contribution in [0.15, 0.2) is 0 Å². The summed E-state index contributed by atoms with van der Waals surface area (Å²) in [6, 6.07) is -1.19. The van der Waals surface area contributed by atoms with Crippen LogP contribution in [0.25, 0.3) is 0 Å². The third kappa shape index (κ3) is 5.38. The second kappa shape index (κ2) is 6.50. The van der Waals surface area contributed by atoms with Gasteiger partial charge in [0.25, 0.3) is 0 Å². The Labute approximate surface area is 115 Å². The molecule has 112 valence electrons. The molecule has 0 unspecified atom stereocenters. The van der Waals surface area contributed by atoms with Crippen molar-refractivity contribution in [2.24, 2.45) is 0 Å². The summed E-state index contributed by atoms with van der Waals surface area (Å²) in [5.41, 5.74) is 0. The first kappa shape index (κ1) is 16.1. The molecule has 2 N–H and O–H groups in total. The van der Waals surface area contributed by atoms with E-state index >= 15 is 0 Å². The van der Waals surface area contributed by atoms with Crippen molar-refractivity contribution in [3.05, 3.63) is 5.01 Å². The first-order valence-corrected chi connectivity index (χ1v) is 6.19. The lowest BCUT2D eigenvalue weighted by atomic mass is 10.5. The first-order chi connectivity index (χ1) is 9.21. The van der Waals surface area contributed by atoms with Crippen LogP contribution in [0.1, 0.15) is 11.9 Å². The van der Waals surface area contributed by atoms with Gasteiger partial charge in [-0.05, 0) is 6.42 Å². The van der Waals surface area contributed by atoms with Gasteiger partial charge in [-0.3, -0.25) is 10.1 Å². The van der Waals surface area contributed by atoms with E-state index in [4.69, 9.17) is 5.11 Å². The maximum Gasteiger partial charge on any atom is 0.406 e. The van der Waals surface area contributed by atoms with E-state index in [1.807, 2.05) is 0 Å². The summed E-state index contributed by atoms with van der Waals surface area (Å²) in [4.78, 5) is 22.2. The Morgan fingerprint density at radius 3 is 2.50 bits per heavy atom. The summed E-state index contributed by atoms with van der Waals surface area (Å²) in [6.07, 6.45) is -4.13. The standard InChI is InChI=1S/C9H11F3N4O3S/c1-2-5-14-15-7(20-5)13-8(19)16(3-6(17)18)4-9(10,11)12/h2-4H2,1H3,(H,17,18)(H,13,15,19). The van der Waals surface area contributed by atoms with Crippen LogP contribution < -0.4 is 5.32 Å². The van der Waals surface area contributed by atoms with Crippen LogP contribution in [0, 0.1) is 0 Å². The zero-order chi connectivity index (χ0) is 15.3. The molecule has 0 saturated carbocycles. The van der Waals surface area contributed by atoms with Crippen LogP contribution in [0.3, 0.4) is 0 Å². The molecule has 0 radical (unpaired) electrons. The van der Waals surface area contributed by atoms with Crippen molar-refractivity contribution in [1.82, 2.24) is 15.1 Å². The molecule has 0 aromatic carbocycles. The Morgan fingerprint density at radius 1 is 1.40 bits per heavy atom. The van der Waals surface area contributed by atoms with E-state index in [1.165, 1.54) is 0 Å². The molecule has 0 aliphatic carbocycles. The molecule has 0 atom stereocenters. The number of hydrogen-bond acceptors (Lipinski definition) is 5. The van der Waals surface area contributed by atoms with Crippen LogP contribution in [-0.2, 0) is 11.2 Å². The second-order valence-electron chi connectivity index (χ2n) is 3.65. The van der Waals surface area contributed by atoms with Crippen LogP contribution in [0.4, 0.5) is 23.1 Å². The van der Waals surface area contributed by atoms with Gasteiger partial charge in [0.2, 0.25) is 5.13 Å². The van der Waals surface area contributed by atoms with E-state index in [-0.39, 0.29) is 10.0 Å². The smallest absolute Gasteiger partial charge is 0.406 e. The lowest BCUT2D eigenvalue weighted by Gasteiger charge is -2.21. The minimum absolute atomic E-state index is 0.0180. The highest BCUT2D eigenvalue weighted by molar-refractivity contribution is 7.15. The van der Waals surface area contributed by atoms with Gasteiger partial charge >= 0.3 is 18.2 Å². The lowest BCUT2D eigenvalue weighted by Crippen LogP contribution is -2.44. The van der Waals surface area contributed by atoms with Gasteiger partial charge in [-0.2, -0.15) is 13.2 Å². The number of carbonyl (C=O) groups is 2. The normalized spacial score (nSPS) is 11.2. The SMILES string of the molecule is CCc1nnc(NC(=O)N(CC(=O)O)CC(F)(F)F)s1. The molecular formula is C9H11F3N4O3S. The number of hydrogen-bond donors (Lipinski definition) is 2. The van der Waals surface area contributed by atoms with E-state index < -0.39 is 31.3 Å². The molecule has 0 spiro atoms. The highest BCUT2D eigenvalue weighted by atomic mass is 32.1. The van der Waals surface area contributed by atoms with E-state index in [0.29, 0.717) is 11.4 Å². The number of carboxylic acids is 1. The molecule has 11 heteroatoms. The number of aliphatic carboxylic acids is 1. The quantitative estimate of drug-likeness (QED) is 0.860. The number of carboxylic acid groups (broad SMARTS) is 1. The molecular weight excluding hydrogens is 301 g/mol. The summed E-state index contributed by atoms with van der Waals surface area (Å²) in [6.45, 7) is -0.929. The second-order valence-corrected chi connectivity index (χ2v) is 4.71. The molecule has 20 heavy (non-hydrogen) atoms. The van der Waals surface area contributed by atoms with Crippen LogP contribution in [-0.4, -0.2) is 51.5 Å². The van der Waals surface area contributed by atoms with Gasteiger partial charge < -0.3 is 10.0 Å². The summed E-state index contributed by atoms with van der Waals surface area (Å²) in [5, 5.41) is 18.5. The molecule has 1 aromatic rings. The van der Waals surface area contributed by atoms with Gasteiger partial charge in [-0.25, -0.2) is 4.79 Å². The first-order valence-electron chi connectivity index (χ1n) is 5.38. The molecule has 1 rings (SSSR count). The number of nitrogens with zero attached hydrogens (tertiary/aromatic N) is 3. The van der Waals surface area contributed by atoms with E-state index in [1.54, 1.807) is 6.92 Å². The van der Waals surface area contributed by atoms with Crippen molar-refractivity contribution >= 4 is 28.5 Å². The Hall–Kier alpha value is -1.91. The molecule has 1 aromatic heterocycles. The van der Waals surface area contributed by atoms with E-state index in [2.05, 4.69) is 15.5 Å². The average molecular weight is 312 g/mol. The number of anilines is 1. The number of halogens is 3. The summed E-state index contributed by atoms with van der Waals surface area (Å²) >= 11 is 1.01. The highest BCUT2D eigenvalue weighted by Gasteiger charge is 2.34. The molecule has 0 fully saturated rings. The number of rotatable bonds is 5. The number of aromatic nitrogens is 2. The largest absolute Gasteiger partial charge is 0.480 e. The fraction of sp³-hybridized carbons (Fsp3) is 0.556. The minimum Gasteiger partial charge on any atom is -0.480 e. The monoisotopic (exact) mass is 312 g/mol. The third-order valence-corrected chi connectivity index (χ3v) is 2.95. The summed E-state index contributed by atoms with van der Waals surface area (Å²) < 4.78 is 36.8.